The van der Waals surface area contributed by atoms with Gasteiger partial charge < -0.3 is 10.1 Å². The number of unbranched alkanes of at least 4 members (excludes halogenated alkanes) is 1. The predicted octanol–water partition coefficient (Wildman–Crippen LogP) is 3.09. The van der Waals surface area contributed by atoms with Crippen molar-refractivity contribution in [2.24, 2.45) is 0 Å². The number of methoxy groups -OCH3 is 1. The first-order valence-electron chi connectivity index (χ1n) is 6.25. The fraction of sp³-hybridized carbons (Fsp3) is 0.500. The number of hydrogen-bond donors (Lipinski definition) is 1. The second kappa shape index (κ2) is 8.03. The molecule has 0 aliphatic carbocycles. The topological polar surface area (TPSA) is 38.3 Å². The van der Waals surface area contributed by atoms with Crippen LogP contribution in [-0.4, -0.2) is 24.8 Å². The van der Waals surface area contributed by atoms with Crippen LogP contribution in [0.4, 0.5) is 0 Å². The van der Waals surface area contributed by atoms with E-state index >= 15 is 0 Å². The summed E-state index contributed by atoms with van der Waals surface area (Å²) in [7, 11) is 1.64. The van der Waals surface area contributed by atoms with Crippen molar-refractivity contribution in [3.05, 3.63) is 24.3 Å². The smallest absolute Gasteiger partial charge is 0.233 e. The summed E-state index contributed by atoms with van der Waals surface area (Å²) in [5.74, 6) is 0.934. The highest BCUT2D eigenvalue weighted by molar-refractivity contribution is 8.00. The summed E-state index contributed by atoms with van der Waals surface area (Å²) >= 11 is 1.56. The van der Waals surface area contributed by atoms with E-state index in [4.69, 9.17) is 4.74 Å². The molecule has 0 radical (unpaired) electrons. The molecule has 1 atom stereocenters. The summed E-state index contributed by atoms with van der Waals surface area (Å²) in [5, 5.41) is 2.87. The summed E-state index contributed by atoms with van der Waals surface area (Å²) in [4.78, 5) is 12.9. The van der Waals surface area contributed by atoms with Gasteiger partial charge in [-0.1, -0.05) is 13.3 Å². The first kappa shape index (κ1) is 14.9. The third kappa shape index (κ3) is 5.00. The minimum atomic E-state index is -0.0738. The van der Waals surface area contributed by atoms with E-state index in [1.165, 1.54) is 0 Å². The number of rotatable bonds is 7. The number of benzene rings is 1. The molecule has 4 heteroatoms. The molecule has 1 amide bonds. The largest absolute Gasteiger partial charge is 0.497 e. The van der Waals surface area contributed by atoms with E-state index in [1.807, 2.05) is 31.2 Å². The first-order chi connectivity index (χ1) is 8.67. The molecule has 100 valence electrons. The summed E-state index contributed by atoms with van der Waals surface area (Å²) in [6, 6.07) is 7.76. The Balaban J connectivity index is 2.42. The van der Waals surface area contributed by atoms with Gasteiger partial charge in [-0.15, -0.1) is 11.8 Å². The molecular weight excluding hydrogens is 246 g/mol. The monoisotopic (exact) mass is 267 g/mol. The molecule has 0 unspecified atom stereocenters. The van der Waals surface area contributed by atoms with Crippen molar-refractivity contribution in [3.8, 4) is 5.75 Å². The Morgan fingerprint density at radius 2 is 2.06 bits per heavy atom. The Morgan fingerprint density at radius 1 is 1.39 bits per heavy atom. The Kier molecular flexibility index (Phi) is 6.65. The number of amides is 1. The summed E-state index contributed by atoms with van der Waals surface area (Å²) < 4.78 is 5.10. The van der Waals surface area contributed by atoms with E-state index in [0.29, 0.717) is 0 Å². The van der Waals surface area contributed by atoms with Crippen LogP contribution in [0, 0.1) is 0 Å². The van der Waals surface area contributed by atoms with Crippen molar-refractivity contribution in [3.63, 3.8) is 0 Å². The Hall–Kier alpha value is -1.16. The summed E-state index contributed by atoms with van der Waals surface area (Å²) in [5.41, 5.74) is 0. The molecule has 0 aliphatic heterocycles. The van der Waals surface area contributed by atoms with Gasteiger partial charge in [0.2, 0.25) is 5.91 Å². The van der Waals surface area contributed by atoms with E-state index in [0.717, 1.165) is 30.0 Å². The molecule has 0 fully saturated rings. The van der Waals surface area contributed by atoms with Crippen LogP contribution in [0.2, 0.25) is 0 Å². The van der Waals surface area contributed by atoms with Crippen LogP contribution in [0.15, 0.2) is 29.2 Å². The number of thioether (sulfide) groups is 1. The molecule has 1 N–H and O–H groups in total. The maximum Gasteiger partial charge on any atom is 0.233 e. The molecule has 0 saturated heterocycles. The van der Waals surface area contributed by atoms with Gasteiger partial charge >= 0.3 is 0 Å². The van der Waals surface area contributed by atoms with Gasteiger partial charge in [-0.25, -0.2) is 0 Å². The highest BCUT2D eigenvalue weighted by atomic mass is 32.2. The second-order valence-electron chi connectivity index (χ2n) is 4.08. The first-order valence-corrected chi connectivity index (χ1v) is 7.13. The standard InChI is InChI=1S/C14H21NO2S/c1-4-5-10-15-14(16)11(2)18-13-8-6-12(17-3)7-9-13/h6-9,11H,4-5,10H2,1-3H3,(H,15,16)/t11-/m1/s1. The molecule has 0 aromatic heterocycles. The zero-order valence-corrected chi connectivity index (χ0v) is 12.0. The lowest BCUT2D eigenvalue weighted by atomic mass is 10.3. The highest BCUT2D eigenvalue weighted by Crippen LogP contribution is 2.25. The average Bonchev–Trinajstić information content (AvgIpc) is 2.39. The fourth-order valence-corrected chi connectivity index (χ4v) is 2.34. The lowest BCUT2D eigenvalue weighted by Gasteiger charge is -2.12. The number of carbonyl (C=O) groups excluding carboxylic acids is 1. The maximum atomic E-state index is 11.8. The van der Waals surface area contributed by atoms with Crippen molar-refractivity contribution in [1.82, 2.24) is 5.32 Å². The molecule has 3 nitrogen and oxygen atoms in total. The van der Waals surface area contributed by atoms with Crippen molar-refractivity contribution in [2.45, 2.75) is 36.8 Å². The minimum Gasteiger partial charge on any atom is -0.497 e. The van der Waals surface area contributed by atoms with Gasteiger partial charge in [-0.2, -0.15) is 0 Å². The molecule has 0 saturated carbocycles. The van der Waals surface area contributed by atoms with Crippen LogP contribution in [0.3, 0.4) is 0 Å². The highest BCUT2D eigenvalue weighted by Gasteiger charge is 2.13. The second-order valence-corrected chi connectivity index (χ2v) is 5.49. The third-order valence-corrected chi connectivity index (χ3v) is 3.68. The van der Waals surface area contributed by atoms with Crippen LogP contribution >= 0.6 is 11.8 Å². The molecule has 1 aromatic carbocycles. The summed E-state index contributed by atoms with van der Waals surface area (Å²) in [6.07, 6.45) is 2.13. The lowest BCUT2D eigenvalue weighted by molar-refractivity contribution is -0.120. The Morgan fingerprint density at radius 3 is 2.61 bits per heavy atom. The molecule has 18 heavy (non-hydrogen) atoms. The fourth-order valence-electron chi connectivity index (χ4n) is 1.44. The SMILES string of the molecule is CCCCNC(=O)[C@@H](C)Sc1ccc(OC)cc1. The van der Waals surface area contributed by atoms with Crippen LogP contribution in [0.1, 0.15) is 26.7 Å². The van der Waals surface area contributed by atoms with Gasteiger partial charge in [-0.05, 0) is 37.6 Å². The van der Waals surface area contributed by atoms with Gasteiger partial charge in [0, 0.05) is 11.4 Å². The lowest BCUT2D eigenvalue weighted by Crippen LogP contribution is -2.31. The number of nitrogens with one attached hydrogen (secondary N) is 1. The third-order valence-electron chi connectivity index (χ3n) is 2.57. The van der Waals surface area contributed by atoms with Gasteiger partial charge in [0.25, 0.3) is 0 Å². The van der Waals surface area contributed by atoms with Crippen molar-refractivity contribution in [2.75, 3.05) is 13.7 Å². The van der Waals surface area contributed by atoms with E-state index in [1.54, 1.807) is 18.9 Å². The minimum absolute atomic E-state index is 0.0738. The Bertz CT molecular complexity index is 365. The predicted molar refractivity (Wildman–Crippen MR) is 76.2 cm³/mol. The Labute approximate surface area is 113 Å². The maximum absolute atomic E-state index is 11.8. The zero-order chi connectivity index (χ0) is 13.4. The quantitative estimate of drug-likeness (QED) is 0.609. The van der Waals surface area contributed by atoms with E-state index in [2.05, 4.69) is 12.2 Å². The van der Waals surface area contributed by atoms with Crippen LogP contribution < -0.4 is 10.1 Å². The van der Waals surface area contributed by atoms with E-state index in [9.17, 15) is 4.79 Å². The number of ether oxygens (including phenoxy) is 1. The van der Waals surface area contributed by atoms with Crippen LogP contribution in [-0.2, 0) is 4.79 Å². The van der Waals surface area contributed by atoms with Crippen molar-refractivity contribution < 1.29 is 9.53 Å². The average molecular weight is 267 g/mol. The zero-order valence-electron chi connectivity index (χ0n) is 11.2. The van der Waals surface area contributed by atoms with Crippen LogP contribution in [0.25, 0.3) is 0 Å². The molecule has 0 spiro atoms. The van der Waals surface area contributed by atoms with Gasteiger partial charge in [-0.3, -0.25) is 4.79 Å². The molecule has 0 heterocycles. The van der Waals surface area contributed by atoms with E-state index in [-0.39, 0.29) is 11.2 Å². The van der Waals surface area contributed by atoms with Crippen molar-refractivity contribution >= 4 is 17.7 Å². The number of hydrogen-bond acceptors (Lipinski definition) is 3. The van der Waals surface area contributed by atoms with Gasteiger partial charge in [0.1, 0.15) is 5.75 Å². The van der Waals surface area contributed by atoms with Crippen molar-refractivity contribution in [1.29, 1.82) is 0 Å². The van der Waals surface area contributed by atoms with E-state index < -0.39 is 0 Å². The molecule has 1 rings (SSSR count). The normalized spacial score (nSPS) is 11.9. The molecular formula is C14H21NO2S. The molecule has 1 aromatic rings. The molecule has 0 aliphatic rings. The van der Waals surface area contributed by atoms with Gasteiger partial charge in [0.15, 0.2) is 0 Å². The number of carbonyl (C=O) groups is 1. The van der Waals surface area contributed by atoms with Crippen LogP contribution in [0.5, 0.6) is 5.75 Å². The summed E-state index contributed by atoms with van der Waals surface area (Å²) in [6.45, 7) is 4.81. The van der Waals surface area contributed by atoms with Gasteiger partial charge in [0.05, 0.1) is 12.4 Å². The molecule has 0 bridgehead atoms.